The molecule has 2 aromatic rings. The molecule has 3 nitrogen and oxygen atoms in total. The van der Waals surface area contributed by atoms with Gasteiger partial charge in [0.2, 0.25) is 0 Å². The van der Waals surface area contributed by atoms with Gasteiger partial charge >= 0.3 is 0 Å². The zero-order chi connectivity index (χ0) is 15.2. The zero-order valence-electron chi connectivity index (χ0n) is 13.2. The summed E-state index contributed by atoms with van der Waals surface area (Å²) in [6, 6.07) is 20.9. The van der Waals surface area contributed by atoms with Crippen molar-refractivity contribution in [3.05, 3.63) is 71.3 Å². The minimum absolute atomic E-state index is 0. The Morgan fingerprint density at radius 2 is 1.35 bits per heavy atom. The summed E-state index contributed by atoms with van der Waals surface area (Å²) in [6.07, 6.45) is 0. The van der Waals surface area contributed by atoms with Gasteiger partial charge in [0.1, 0.15) is 0 Å². The number of nitriles is 1. The van der Waals surface area contributed by atoms with Crippen molar-refractivity contribution >= 4 is 12.4 Å². The summed E-state index contributed by atoms with van der Waals surface area (Å²) in [5, 5.41) is 9.18. The molecule has 1 saturated heterocycles. The fourth-order valence-electron chi connectivity index (χ4n) is 2.96. The average molecular weight is 328 g/mol. The zero-order valence-corrected chi connectivity index (χ0v) is 14.0. The molecule has 4 heteroatoms. The van der Waals surface area contributed by atoms with Crippen LogP contribution in [0.5, 0.6) is 0 Å². The topological polar surface area (TPSA) is 30.3 Å². The molecule has 1 aliphatic rings. The summed E-state index contributed by atoms with van der Waals surface area (Å²) < 4.78 is 0. The van der Waals surface area contributed by atoms with E-state index in [1.54, 1.807) is 0 Å². The first-order chi connectivity index (χ1) is 10.8. The van der Waals surface area contributed by atoms with Crippen molar-refractivity contribution in [3.8, 4) is 6.07 Å². The molecule has 1 aliphatic heterocycles. The van der Waals surface area contributed by atoms with Crippen LogP contribution in [0.4, 0.5) is 0 Å². The second-order valence-corrected chi connectivity index (χ2v) is 5.81. The Kier molecular flexibility index (Phi) is 6.61. The second-order valence-electron chi connectivity index (χ2n) is 5.81. The molecule has 1 fully saturated rings. The molecule has 0 atom stereocenters. The summed E-state index contributed by atoms with van der Waals surface area (Å²) in [5.74, 6) is 0. The van der Waals surface area contributed by atoms with Gasteiger partial charge in [0.15, 0.2) is 0 Å². The van der Waals surface area contributed by atoms with Gasteiger partial charge in [-0.1, -0.05) is 48.5 Å². The molecule has 0 unspecified atom stereocenters. The molecule has 3 rings (SSSR count). The number of nitrogens with zero attached hydrogens (tertiary/aromatic N) is 3. The van der Waals surface area contributed by atoms with Crippen molar-refractivity contribution in [2.45, 2.75) is 13.1 Å². The van der Waals surface area contributed by atoms with E-state index < -0.39 is 0 Å². The van der Waals surface area contributed by atoms with Gasteiger partial charge in [-0.3, -0.25) is 9.80 Å². The van der Waals surface area contributed by atoms with Gasteiger partial charge in [-0.25, -0.2) is 0 Å². The van der Waals surface area contributed by atoms with Crippen molar-refractivity contribution in [2.75, 3.05) is 26.2 Å². The molecule has 120 valence electrons. The maximum Gasteiger partial charge on any atom is 0.0995 e. The minimum atomic E-state index is 0. The third kappa shape index (κ3) is 4.80. The molecule has 0 spiro atoms. The van der Waals surface area contributed by atoms with Crippen LogP contribution < -0.4 is 0 Å². The number of halogens is 1. The van der Waals surface area contributed by atoms with Crippen molar-refractivity contribution < 1.29 is 0 Å². The summed E-state index contributed by atoms with van der Waals surface area (Å²) in [4.78, 5) is 4.94. The smallest absolute Gasteiger partial charge is 0.0995 e. The lowest BCUT2D eigenvalue weighted by molar-refractivity contribution is 0.122. The number of rotatable bonds is 4. The summed E-state index contributed by atoms with van der Waals surface area (Å²) in [7, 11) is 0. The quantitative estimate of drug-likeness (QED) is 0.863. The Hall–Kier alpha value is -1.86. The van der Waals surface area contributed by atoms with Gasteiger partial charge in [0.05, 0.1) is 11.6 Å². The summed E-state index contributed by atoms with van der Waals surface area (Å²) in [6.45, 7) is 6.21. The molecular weight excluding hydrogens is 306 g/mol. The fraction of sp³-hybridized carbons (Fsp3) is 0.316. The predicted molar refractivity (Wildman–Crippen MR) is 95.4 cm³/mol. The molecule has 0 aromatic heterocycles. The SMILES string of the molecule is Cl.N#Cc1ccccc1CN1CCN(Cc2ccccc2)CC1. The molecule has 0 N–H and O–H groups in total. The highest BCUT2D eigenvalue weighted by Crippen LogP contribution is 2.14. The molecule has 23 heavy (non-hydrogen) atoms. The van der Waals surface area contributed by atoms with Gasteiger partial charge in [0, 0.05) is 39.3 Å². The molecule has 2 aromatic carbocycles. The van der Waals surface area contributed by atoms with Crippen molar-refractivity contribution in [1.29, 1.82) is 5.26 Å². The molecule has 0 saturated carbocycles. The van der Waals surface area contributed by atoms with Gasteiger partial charge < -0.3 is 0 Å². The van der Waals surface area contributed by atoms with Crippen LogP contribution in [-0.4, -0.2) is 36.0 Å². The highest BCUT2D eigenvalue weighted by Gasteiger charge is 2.17. The number of hydrogen-bond donors (Lipinski definition) is 0. The predicted octanol–water partition coefficient (Wildman–Crippen LogP) is 3.30. The second kappa shape index (κ2) is 8.69. The third-order valence-corrected chi connectivity index (χ3v) is 4.25. The first-order valence-corrected chi connectivity index (χ1v) is 7.82. The monoisotopic (exact) mass is 327 g/mol. The molecular formula is C19H22ClN3. The van der Waals surface area contributed by atoms with E-state index in [0.717, 1.165) is 50.4 Å². The van der Waals surface area contributed by atoms with Crippen LogP contribution in [0, 0.1) is 11.3 Å². The van der Waals surface area contributed by atoms with Crippen molar-refractivity contribution in [3.63, 3.8) is 0 Å². The first-order valence-electron chi connectivity index (χ1n) is 7.82. The first kappa shape index (κ1) is 17.5. The van der Waals surface area contributed by atoms with Crippen LogP contribution in [0.3, 0.4) is 0 Å². The van der Waals surface area contributed by atoms with Gasteiger partial charge in [-0.05, 0) is 17.2 Å². The highest BCUT2D eigenvalue weighted by atomic mass is 35.5. The Morgan fingerprint density at radius 3 is 2.00 bits per heavy atom. The van der Waals surface area contributed by atoms with Crippen LogP contribution in [0.2, 0.25) is 0 Å². The van der Waals surface area contributed by atoms with Crippen molar-refractivity contribution in [2.24, 2.45) is 0 Å². The van der Waals surface area contributed by atoms with Crippen LogP contribution in [0.25, 0.3) is 0 Å². The molecule has 1 heterocycles. The van der Waals surface area contributed by atoms with E-state index in [0.29, 0.717) is 0 Å². The van der Waals surface area contributed by atoms with Gasteiger partial charge in [-0.2, -0.15) is 5.26 Å². The van der Waals surface area contributed by atoms with Crippen LogP contribution in [0.1, 0.15) is 16.7 Å². The average Bonchev–Trinajstić information content (AvgIpc) is 2.58. The van der Waals surface area contributed by atoms with Crippen molar-refractivity contribution in [1.82, 2.24) is 9.80 Å². The minimum Gasteiger partial charge on any atom is -0.297 e. The van der Waals surface area contributed by atoms with Crippen LogP contribution >= 0.6 is 12.4 Å². The standard InChI is InChI=1S/C19H21N3.ClH/c20-14-18-8-4-5-9-19(18)16-22-12-10-21(11-13-22)15-17-6-2-1-3-7-17;/h1-9H,10-13,15-16H2;1H. The van der Waals surface area contributed by atoms with Crippen LogP contribution in [-0.2, 0) is 13.1 Å². The van der Waals surface area contributed by atoms with E-state index in [9.17, 15) is 5.26 Å². The number of hydrogen-bond acceptors (Lipinski definition) is 3. The summed E-state index contributed by atoms with van der Waals surface area (Å²) in [5.41, 5.74) is 3.32. The van der Waals surface area contributed by atoms with Crippen LogP contribution in [0.15, 0.2) is 54.6 Å². The molecule has 0 aliphatic carbocycles. The lowest BCUT2D eigenvalue weighted by Crippen LogP contribution is -2.45. The third-order valence-electron chi connectivity index (χ3n) is 4.25. The Morgan fingerprint density at radius 1 is 0.783 bits per heavy atom. The molecule has 0 bridgehead atoms. The molecule has 0 amide bonds. The van der Waals surface area contributed by atoms with Gasteiger partial charge in [-0.15, -0.1) is 12.4 Å². The maximum absolute atomic E-state index is 9.18. The molecule has 0 radical (unpaired) electrons. The Labute approximate surface area is 144 Å². The normalized spacial score (nSPS) is 15.6. The highest BCUT2D eigenvalue weighted by molar-refractivity contribution is 5.85. The van der Waals surface area contributed by atoms with E-state index in [-0.39, 0.29) is 12.4 Å². The maximum atomic E-state index is 9.18. The Bertz CT molecular complexity index is 643. The Balaban J connectivity index is 0.00000192. The lowest BCUT2D eigenvalue weighted by Gasteiger charge is -2.34. The largest absolute Gasteiger partial charge is 0.297 e. The fourth-order valence-corrected chi connectivity index (χ4v) is 2.96. The van der Waals surface area contributed by atoms with E-state index >= 15 is 0 Å². The number of benzene rings is 2. The number of piperazine rings is 1. The van der Waals surface area contributed by atoms with E-state index in [1.165, 1.54) is 5.56 Å². The van der Waals surface area contributed by atoms with Gasteiger partial charge in [0.25, 0.3) is 0 Å². The lowest BCUT2D eigenvalue weighted by atomic mass is 10.1. The van der Waals surface area contributed by atoms with E-state index in [1.807, 2.05) is 18.2 Å². The van der Waals surface area contributed by atoms with E-state index in [4.69, 9.17) is 0 Å². The summed E-state index contributed by atoms with van der Waals surface area (Å²) >= 11 is 0. The van der Waals surface area contributed by atoms with E-state index in [2.05, 4.69) is 52.3 Å².